The molecule has 0 aliphatic rings. The number of nitrogen functional groups attached to an aromatic ring is 1. The summed E-state index contributed by atoms with van der Waals surface area (Å²) in [6, 6.07) is 0.00814. The highest BCUT2D eigenvalue weighted by atomic mass is 16.4. The fourth-order valence-corrected chi connectivity index (χ4v) is 0.705. The van der Waals surface area contributed by atoms with E-state index in [9.17, 15) is 4.79 Å². The lowest BCUT2D eigenvalue weighted by Gasteiger charge is -2.03. The van der Waals surface area contributed by atoms with Gasteiger partial charge < -0.3 is 15.5 Å². The Morgan fingerprint density at radius 3 is 2.77 bits per heavy atom. The maximum absolute atomic E-state index is 11.1. The molecule has 0 aromatic carbocycles. The molecule has 3 N–H and O–H groups in total. The minimum absolute atomic E-state index is 0.00814. The van der Waals surface area contributed by atoms with E-state index < -0.39 is 0 Å². The van der Waals surface area contributed by atoms with Crippen molar-refractivity contribution in [3.8, 4) is 0 Å². The number of hydrogen-bond donors (Lipinski definition) is 2. The highest BCUT2D eigenvalue weighted by Crippen LogP contribution is 2.00. The summed E-state index contributed by atoms with van der Waals surface area (Å²) in [4.78, 5) is 11.1. The molecular weight excluding hydrogens is 172 g/mol. The molecule has 0 bridgehead atoms. The van der Waals surface area contributed by atoms with Crippen molar-refractivity contribution in [3.63, 3.8) is 0 Å². The predicted octanol–water partition coefficient (Wildman–Crippen LogP) is -0.0760. The van der Waals surface area contributed by atoms with Crippen molar-refractivity contribution in [2.45, 2.75) is 20.4 Å². The summed E-state index contributed by atoms with van der Waals surface area (Å²) < 4.78 is 4.85. The van der Waals surface area contributed by atoms with Gasteiger partial charge in [0.2, 0.25) is 11.8 Å². The molecule has 0 radical (unpaired) electrons. The number of nitrogens with zero attached hydrogens (tertiary/aromatic N) is 2. The van der Waals surface area contributed by atoms with E-state index in [2.05, 4.69) is 15.5 Å². The van der Waals surface area contributed by atoms with Crippen LogP contribution in [0, 0.1) is 5.92 Å². The van der Waals surface area contributed by atoms with Crippen LogP contribution in [0.3, 0.4) is 0 Å². The Bertz CT molecular complexity index is 294. The van der Waals surface area contributed by atoms with Gasteiger partial charge >= 0.3 is 6.01 Å². The number of anilines is 1. The number of carbonyl (C=O) groups is 1. The monoisotopic (exact) mass is 184 g/mol. The van der Waals surface area contributed by atoms with Crippen molar-refractivity contribution in [3.05, 3.63) is 5.89 Å². The summed E-state index contributed by atoms with van der Waals surface area (Å²) in [5.74, 6) is 0.198. The fourth-order valence-electron chi connectivity index (χ4n) is 0.705. The van der Waals surface area contributed by atoms with Crippen molar-refractivity contribution in [2.24, 2.45) is 5.92 Å². The van der Waals surface area contributed by atoms with E-state index in [-0.39, 0.29) is 24.4 Å². The Balaban J connectivity index is 2.39. The Labute approximate surface area is 75.5 Å². The van der Waals surface area contributed by atoms with E-state index in [0.29, 0.717) is 5.89 Å². The summed E-state index contributed by atoms with van der Waals surface area (Å²) in [6.07, 6.45) is 0. The van der Waals surface area contributed by atoms with Crippen LogP contribution in [0.5, 0.6) is 0 Å². The number of rotatable bonds is 3. The SMILES string of the molecule is CC(C)C(=O)NCc1nnc(N)o1. The van der Waals surface area contributed by atoms with Crippen LogP contribution >= 0.6 is 0 Å². The van der Waals surface area contributed by atoms with Crippen molar-refractivity contribution in [1.29, 1.82) is 0 Å². The summed E-state index contributed by atoms with van der Waals surface area (Å²) >= 11 is 0. The first-order valence-electron chi connectivity index (χ1n) is 3.95. The molecule has 6 heteroatoms. The fraction of sp³-hybridized carbons (Fsp3) is 0.571. The third-order valence-corrected chi connectivity index (χ3v) is 1.42. The first-order valence-corrected chi connectivity index (χ1v) is 3.95. The third kappa shape index (κ3) is 2.73. The Morgan fingerprint density at radius 2 is 2.31 bits per heavy atom. The summed E-state index contributed by atoms with van der Waals surface area (Å²) in [5, 5.41) is 9.66. The van der Waals surface area contributed by atoms with Gasteiger partial charge in [0.15, 0.2) is 0 Å². The molecule has 1 amide bonds. The lowest BCUT2D eigenvalue weighted by Crippen LogP contribution is -2.27. The maximum atomic E-state index is 11.1. The molecule has 1 aromatic rings. The van der Waals surface area contributed by atoms with Gasteiger partial charge in [-0.15, -0.1) is 5.10 Å². The highest BCUT2D eigenvalue weighted by molar-refractivity contribution is 5.77. The summed E-state index contributed by atoms with van der Waals surface area (Å²) in [7, 11) is 0. The second-order valence-electron chi connectivity index (χ2n) is 2.91. The van der Waals surface area contributed by atoms with E-state index in [1.807, 2.05) is 0 Å². The third-order valence-electron chi connectivity index (χ3n) is 1.42. The number of nitrogens with two attached hydrogens (primary N) is 1. The molecule has 1 heterocycles. The number of aromatic nitrogens is 2. The molecular formula is C7H12N4O2. The van der Waals surface area contributed by atoms with Gasteiger partial charge in [-0.1, -0.05) is 18.9 Å². The zero-order valence-corrected chi connectivity index (χ0v) is 7.57. The molecule has 6 nitrogen and oxygen atoms in total. The quantitative estimate of drug-likeness (QED) is 0.685. The largest absolute Gasteiger partial charge is 0.406 e. The smallest absolute Gasteiger partial charge is 0.312 e. The van der Waals surface area contributed by atoms with Crippen LogP contribution in [-0.4, -0.2) is 16.1 Å². The van der Waals surface area contributed by atoms with E-state index in [1.54, 1.807) is 13.8 Å². The van der Waals surface area contributed by atoms with Crippen LogP contribution < -0.4 is 11.1 Å². The lowest BCUT2D eigenvalue weighted by atomic mass is 10.2. The van der Waals surface area contributed by atoms with Crippen LogP contribution in [0.25, 0.3) is 0 Å². The zero-order valence-electron chi connectivity index (χ0n) is 7.57. The van der Waals surface area contributed by atoms with Gasteiger partial charge in [0.25, 0.3) is 0 Å². The number of nitrogens with one attached hydrogen (secondary N) is 1. The molecule has 0 saturated carbocycles. The van der Waals surface area contributed by atoms with Crippen molar-refractivity contribution in [2.75, 3.05) is 5.73 Å². The van der Waals surface area contributed by atoms with Crippen LogP contribution in [0.4, 0.5) is 6.01 Å². The average molecular weight is 184 g/mol. The standard InChI is InChI=1S/C7H12N4O2/c1-4(2)6(12)9-3-5-10-11-7(8)13-5/h4H,3H2,1-2H3,(H2,8,11)(H,9,12). The van der Waals surface area contributed by atoms with Gasteiger partial charge in [-0.05, 0) is 0 Å². The summed E-state index contributed by atoms with van der Waals surface area (Å²) in [6.45, 7) is 3.83. The van der Waals surface area contributed by atoms with E-state index in [1.165, 1.54) is 0 Å². The molecule has 0 unspecified atom stereocenters. The molecule has 1 aromatic heterocycles. The molecule has 13 heavy (non-hydrogen) atoms. The predicted molar refractivity (Wildman–Crippen MR) is 45.4 cm³/mol. The Morgan fingerprint density at radius 1 is 1.62 bits per heavy atom. The Hall–Kier alpha value is -1.59. The normalized spacial score (nSPS) is 10.4. The van der Waals surface area contributed by atoms with Crippen molar-refractivity contribution >= 4 is 11.9 Å². The second kappa shape index (κ2) is 3.88. The maximum Gasteiger partial charge on any atom is 0.312 e. The molecule has 0 atom stereocenters. The molecule has 1 rings (SSSR count). The number of hydrogen-bond acceptors (Lipinski definition) is 5. The lowest BCUT2D eigenvalue weighted by molar-refractivity contribution is -0.124. The van der Waals surface area contributed by atoms with Crippen molar-refractivity contribution in [1.82, 2.24) is 15.5 Å². The van der Waals surface area contributed by atoms with Gasteiger partial charge in [0.05, 0.1) is 6.54 Å². The van der Waals surface area contributed by atoms with Gasteiger partial charge in [-0.3, -0.25) is 4.79 Å². The van der Waals surface area contributed by atoms with Crippen LogP contribution in [0.2, 0.25) is 0 Å². The molecule has 0 saturated heterocycles. The highest BCUT2D eigenvalue weighted by Gasteiger charge is 2.08. The van der Waals surface area contributed by atoms with Crippen LogP contribution in [0.15, 0.2) is 4.42 Å². The molecule has 0 spiro atoms. The number of amides is 1. The van der Waals surface area contributed by atoms with Crippen molar-refractivity contribution < 1.29 is 9.21 Å². The van der Waals surface area contributed by atoms with Crippen LogP contribution in [-0.2, 0) is 11.3 Å². The van der Waals surface area contributed by atoms with E-state index >= 15 is 0 Å². The summed E-state index contributed by atoms with van der Waals surface area (Å²) in [5.41, 5.74) is 5.19. The molecule has 0 aliphatic heterocycles. The van der Waals surface area contributed by atoms with Gasteiger partial charge in [-0.2, -0.15) is 0 Å². The minimum Gasteiger partial charge on any atom is -0.406 e. The molecule has 0 aliphatic carbocycles. The first kappa shape index (κ1) is 9.50. The topological polar surface area (TPSA) is 94.0 Å². The first-order chi connectivity index (χ1) is 6.09. The Kier molecular flexibility index (Phi) is 2.84. The van der Waals surface area contributed by atoms with E-state index in [4.69, 9.17) is 10.2 Å². The minimum atomic E-state index is -0.0585. The average Bonchev–Trinajstić information content (AvgIpc) is 2.47. The zero-order chi connectivity index (χ0) is 9.84. The molecule has 0 fully saturated rings. The van der Waals surface area contributed by atoms with Gasteiger partial charge in [0, 0.05) is 5.92 Å². The van der Waals surface area contributed by atoms with Crippen LogP contribution in [0.1, 0.15) is 19.7 Å². The second-order valence-corrected chi connectivity index (χ2v) is 2.91. The van der Waals surface area contributed by atoms with E-state index in [0.717, 1.165) is 0 Å². The number of carbonyl (C=O) groups excluding carboxylic acids is 1. The van der Waals surface area contributed by atoms with Gasteiger partial charge in [-0.25, -0.2) is 0 Å². The molecule has 72 valence electrons. The van der Waals surface area contributed by atoms with Gasteiger partial charge in [0.1, 0.15) is 0 Å².